The molecule has 0 amide bonds. The first-order valence-electron chi connectivity index (χ1n) is 10.2. The maximum Gasteiger partial charge on any atom is 0.420 e. The van der Waals surface area contributed by atoms with Gasteiger partial charge in [0.2, 0.25) is 0 Å². The van der Waals surface area contributed by atoms with Crippen molar-refractivity contribution in [1.29, 1.82) is 0 Å². The smallest absolute Gasteiger partial charge is 0.420 e. The van der Waals surface area contributed by atoms with E-state index < -0.39 is 21.6 Å². The topological polar surface area (TPSA) is 76.0 Å². The summed E-state index contributed by atoms with van der Waals surface area (Å²) in [7, 11) is -3.47. The molecule has 34 heavy (non-hydrogen) atoms. The largest absolute Gasteiger partial charge is 0.456 e. The number of rotatable bonds is 4. The molecule has 0 bridgehead atoms. The summed E-state index contributed by atoms with van der Waals surface area (Å²) in [6.07, 6.45) is -3.66. The van der Waals surface area contributed by atoms with E-state index in [-0.39, 0.29) is 27.4 Å². The number of para-hydroxylation sites is 1. The Morgan fingerprint density at radius 2 is 1.47 bits per heavy atom. The normalized spacial score (nSPS) is 12.4. The van der Waals surface area contributed by atoms with Gasteiger partial charge in [-0.05, 0) is 24.3 Å². The Kier molecular flexibility index (Phi) is 5.09. The second kappa shape index (κ2) is 7.88. The molecule has 0 saturated carbocycles. The van der Waals surface area contributed by atoms with Crippen LogP contribution in [0.1, 0.15) is 5.56 Å². The number of aromatic amines is 1. The highest BCUT2D eigenvalue weighted by molar-refractivity contribution is 7.90. The lowest BCUT2D eigenvalue weighted by molar-refractivity contribution is -0.136. The summed E-state index contributed by atoms with van der Waals surface area (Å²) in [5, 5.41) is 7.36. The van der Waals surface area contributed by atoms with Crippen molar-refractivity contribution in [3.63, 3.8) is 0 Å². The molecule has 5 rings (SSSR count). The Labute approximate surface area is 192 Å². The van der Waals surface area contributed by atoms with Gasteiger partial charge in [0.05, 0.1) is 10.6 Å². The molecular formula is C25H17F3N2O3S. The zero-order chi connectivity index (χ0) is 24.1. The summed E-state index contributed by atoms with van der Waals surface area (Å²) >= 11 is 0. The Balaban J connectivity index is 1.54. The molecule has 5 nitrogen and oxygen atoms in total. The standard InChI is InChI=1S/C25H17F3N2O3S/c1-34(31,32)19-12-10-17(11-13-19)24-22(25(26,27)28)23(29-30-24)16-8-6-15(7-9-16)21-14-18-4-2-3-5-20(18)33-21/h2-14H,1H3,(H,29,30). The zero-order valence-corrected chi connectivity index (χ0v) is 18.5. The molecule has 9 heteroatoms. The van der Waals surface area contributed by atoms with Gasteiger partial charge in [-0.25, -0.2) is 8.42 Å². The summed E-state index contributed by atoms with van der Waals surface area (Å²) in [6, 6.07) is 21.1. The number of aromatic nitrogens is 2. The SMILES string of the molecule is CS(=O)(=O)c1ccc(-c2[nH]nc(-c3ccc(-c4cc5ccccc5o4)cc3)c2C(F)(F)F)cc1. The van der Waals surface area contributed by atoms with E-state index in [0.29, 0.717) is 5.76 Å². The van der Waals surface area contributed by atoms with Crippen molar-refractivity contribution in [2.24, 2.45) is 0 Å². The number of hydrogen-bond acceptors (Lipinski definition) is 4. The molecule has 172 valence electrons. The number of fused-ring (bicyclic) bond motifs is 1. The van der Waals surface area contributed by atoms with Crippen molar-refractivity contribution in [3.8, 4) is 33.8 Å². The first-order chi connectivity index (χ1) is 16.1. The molecule has 0 aliphatic rings. The number of halogens is 3. The number of benzene rings is 3. The molecule has 0 saturated heterocycles. The van der Waals surface area contributed by atoms with E-state index in [1.807, 2.05) is 30.3 Å². The quantitative estimate of drug-likeness (QED) is 0.314. The fourth-order valence-electron chi connectivity index (χ4n) is 3.82. The van der Waals surface area contributed by atoms with Crippen LogP contribution >= 0.6 is 0 Å². The lowest BCUT2D eigenvalue weighted by atomic mass is 10.0. The summed E-state index contributed by atoms with van der Waals surface area (Å²) in [4.78, 5) is 0.0192. The summed E-state index contributed by atoms with van der Waals surface area (Å²) in [5.41, 5.74) is 0.506. The van der Waals surface area contributed by atoms with Crippen molar-refractivity contribution in [1.82, 2.24) is 10.2 Å². The van der Waals surface area contributed by atoms with Crippen LogP contribution < -0.4 is 0 Å². The van der Waals surface area contributed by atoms with Crippen LogP contribution in [0.5, 0.6) is 0 Å². The highest BCUT2D eigenvalue weighted by Crippen LogP contribution is 2.42. The van der Waals surface area contributed by atoms with Crippen LogP contribution in [-0.4, -0.2) is 24.9 Å². The molecule has 0 unspecified atom stereocenters. The number of furan rings is 1. The highest BCUT2D eigenvalue weighted by Gasteiger charge is 2.39. The zero-order valence-electron chi connectivity index (χ0n) is 17.7. The van der Waals surface area contributed by atoms with Gasteiger partial charge in [0, 0.05) is 28.3 Å². The monoisotopic (exact) mass is 482 g/mol. The molecule has 1 N–H and O–H groups in total. The number of hydrogen-bond donors (Lipinski definition) is 1. The molecular weight excluding hydrogens is 465 g/mol. The first kappa shape index (κ1) is 22.0. The fourth-order valence-corrected chi connectivity index (χ4v) is 4.45. The van der Waals surface area contributed by atoms with Crippen molar-refractivity contribution < 1.29 is 26.0 Å². The van der Waals surface area contributed by atoms with Gasteiger partial charge in [0.1, 0.15) is 22.6 Å². The van der Waals surface area contributed by atoms with Crippen molar-refractivity contribution in [2.75, 3.05) is 6.26 Å². The molecule has 0 fully saturated rings. The van der Waals surface area contributed by atoms with Gasteiger partial charge in [-0.3, -0.25) is 5.10 Å². The van der Waals surface area contributed by atoms with E-state index in [1.54, 1.807) is 24.3 Å². The van der Waals surface area contributed by atoms with Crippen molar-refractivity contribution in [2.45, 2.75) is 11.1 Å². The lowest BCUT2D eigenvalue weighted by Crippen LogP contribution is -2.07. The van der Waals surface area contributed by atoms with Gasteiger partial charge < -0.3 is 4.42 Å². The Morgan fingerprint density at radius 1 is 0.853 bits per heavy atom. The van der Waals surface area contributed by atoms with E-state index in [9.17, 15) is 21.6 Å². The summed E-state index contributed by atoms with van der Waals surface area (Å²) in [5.74, 6) is 0.609. The third-order valence-electron chi connectivity index (χ3n) is 5.49. The Hall–Kier alpha value is -3.85. The minimum absolute atomic E-state index is 0.0192. The van der Waals surface area contributed by atoms with Gasteiger partial charge in [0.15, 0.2) is 9.84 Å². The van der Waals surface area contributed by atoms with Crippen LogP contribution in [0.3, 0.4) is 0 Å². The lowest BCUT2D eigenvalue weighted by Gasteiger charge is -2.11. The van der Waals surface area contributed by atoms with Crippen LogP contribution in [0.15, 0.2) is 88.2 Å². The van der Waals surface area contributed by atoms with E-state index >= 15 is 0 Å². The number of nitrogens with one attached hydrogen (secondary N) is 1. The average Bonchev–Trinajstić information content (AvgIpc) is 3.43. The van der Waals surface area contributed by atoms with Gasteiger partial charge in [-0.1, -0.05) is 54.6 Å². The molecule has 0 aliphatic heterocycles. The van der Waals surface area contributed by atoms with Crippen molar-refractivity contribution >= 4 is 20.8 Å². The highest BCUT2D eigenvalue weighted by atomic mass is 32.2. The minimum Gasteiger partial charge on any atom is -0.456 e. The fraction of sp³-hybridized carbons (Fsp3) is 0.0800. The number of H-pyrrole nitrogens is 1. The van der Waals surface area contributed by atoms with E-state index in [1.165, 1.54) is 24.3 Å². The third-order valence-corrected chi connectivity index (χ3v) is 6.62. The van der Waals surface area contributed by atoms with Crippen LogP contribution in [-0.2, 0) is 16.0 Å². The van der Waals surface area contributed by atoms with Gasteiger partial charge >= 0.3 is 6.18 Å². The second-order valence-electron chi connectivity index (χ2n) is 7.84. The molecule has 0 atom stereocenters. The van der Waals surface area contributed by atoms with E-state index in [2.05, 4.69) is 10.2 Å². The molecule has 0 aliphatic carbocycles. The second-order valence-corrected chi connectivity index (χ2v) is 9.86. The van der Waals surface area contributed by atoms with Crippen LogP contribution in [0.25, 0.3) is 44.8 Å². The molecule has 2 aromatic heterocycles. The average molecular weight is 482 g/mol. The number of alkyl halides is 3. The van der Waals surface area contributed by atoms with Crippen molar-refractivity contribution in [3.05, 3.63) is 84.4 Å². The third kappa shape index (κ3) is 3.99. The predicted octanol–water partition coefficient (Wildman–Crippen LogP) is 6.58. The minimum atomic E-state index is -4.69. The van der Waals surface area contributed by atoms with Gasteiger partial charge in [0.25, 0.3) is 0 Å². The van der Waals surface area contributed by atoms with E-state index in [0.717, 1.165) is 22.8 Å². The number of nitrogens with zero attached hydrogens (tertiary/aromatic N) is 1. The van der Waals surface area contributed by atoms with E-state index in [4.69, 9.17) is 4.42 Å². The van der Waals surface area contributed by atoms with Crippen LogP contribution in [0.2, 0.25) is 0 Å². The van der Waals surface area contributed by atoms with Gasteiger partial charge in [-0.15, -0.1) is 0 Å². The van der Waals surface area contributed by atoms with Crippen LogP contribution in [0.4, 0.5) is 13.2 Å². The first-order valence-corrected chi connectivity index (χ1v) is 12.1. The number of sulfone groups is 1. The van der Waals surface area contributed by atoms with Gasteiger partial charge in [-0.2, -0.15) is 18.3 Å². The molecule has 2 heterocycles. The molecule has 5 aromatic rings. The molecule has 3 aromatic carbocycles. The maximum absolute atomic E-state index is 14.1. The summed E-state index contributed by atoms with van der Waals surface area (Å²) < 4.78 is 71.4. The van der Waals surface area contributed by atoms with Crippen LogP contribution in [0, 0.1) is 0 Å². The molecule has 0 radical (unpaired) electrons. The molecule has 0 spiro atoms. The maximum atomic E-state index is 14.1. The summed E-state index contributed by atoms with van der Waals surface area (Å²) in [6.45, 7) is 0. The predicted molar refractivity (Wildman–Crippen MR) is 123 cm³/mol. The Bertz CT molecular complexity index is 1570. The Morgan fingerprint density at radius 3 is 2.09 bits per heavy atom.